The first-order chi connectivity index (χ1) is 16.6. The van der Waals surface area contributed by atoms with Crippen LogP contribution in [0.2, 0.25) is 0 Å². The highest BCUT2D eigenvalue weighted by molar-refractivity contribution is 6.11. The summed E-state index contributed by atoms with van der Waals surface area (Å²) in [6.07, 6.45) is 1.19. The first-order valence-electron chi connectivity index (χ1n) is 11.4. The molecule has 174 valence electrons. The van der Waals surface area contributed by atoms with Crippen molar-refractivity contribution in [2.24, 2.45) is 10.9 Å². The van der Waals surface area contributed by atoms with Crippen LogP contribution in [0.25, 0.3) is 0 Å². The molecule has 6 heteroatoms. The minimum absolute atomic E-state index is 0.113. The summed E-state index contributed by atoms with van der Waals surface area (Å²) in [4.78, 5) is 18.8. The molecule has 2 aliphatic rings. The van der Waals surface area contributed by atoms with Crippen molar-refractivity contribution < 1.29 is 19.0 Å². The van der Waals surface area contributed by atoms with Gasteiger partial charge in [0, 0.05) is 17.7 Å². The van der Waals surface area contributed by atoms with Gasteiger partial charge in [0.2, 0.25) is 5.75 Å². The monoisotopic (exact) mass is 456 g/mol. The fourth-order valence-corrected chi connectivity index (χ4v) is 5.19. The topological polar surface area (TPSA) is 69.2 Å². The third-order valence-corrected chi connectivity index (χ3v) is 6.76. The molecule has 3 atom stereocenters. The number of carbonyl (C=O) groups excluding carboxylic acids is 1. The third-order valence-electron chi connectivity index (χ3n) is 6.76. The van der Waals surface area contributed by atoms with E-state index >= 15 is 0 Å². The van der Waals surface area contributed by atoms with Gasteiger partial charge in [0.1, 0.15) is 5.78 Å². The maximum Gasteiger partial charge on any atom is 0.203 e. The van der Waals surface area contributed by atoms with Crippen molar-refractivity contribution in [3.8, 4) is 17.2 Å². The lowest BCUT2D eigenvalue weighted by molar-refractivity contribution is -0.122. The fourth-order valence-electron chi connectivity index (χ4n) is 5.19. The van der Waals surface area contributed by atoms with Crippen LogP contribution >= 0.6 is 0 Å². The fraction of sp³-hybridized carbons (Fsp3) is 0.286. The molecule has 0 spiro atoms. The molecule has 3 unspecified atom stereocenters. The van der Waals surface area contributed by atoms with E-state index in [1.807, 2.05) is 54.6 Å². The Balaban J connectivity index is 1.64. The highest BCUT2D eigenvalue weighted by Crippen LogP contribution is 2.49. The summed E-state index contributed by atoms with van der Waals surface area (Å²) in [6.45, 7) is 0. The zero-order valence-corrected chi connectivity index (χ0v) is 19.6. The van der Waals surface area contributed by atoms with Crippen LogP contribution in [0.4, 0.5) is 11.4 Å². The smallest absolute Gasteiger partial charge is 0.203 e. The number of ether oxygens (including phenoxy) is 3. The van der Waals surface area contributed by atoms with Gasteiger partial charge in [-0.1, -0.05) is 42.5 Å². The minimum atomic E-state index is -0.417. The molecule has 0 saturated heterocycles. The van der Waals surface area contributed by atoms with Crippen LogP contribution in [0, 0.1) is 5.92 Å². The van der Waals surface area contributed by atoms with E-state index in [-0.39, 0.29) is 17.7 Å². The number of rotatable bonds is 5. The van der Waals surface area contributed by atoms with E-state index in [1.54, 1.807) is 21.3 Å². The lowest BCUT2D eigenvalue weighted by atomic mass is 9.72. The number of benzene rings is 3. The molecule has 0 amide bonds. The molecule has 0 radical (unpaired) electrons. The predicted molar refractivity (Wildman–Crippen MR) is 133 cm³/mol. The van der Waals surface area contributed by atoms with Crippen molar-refractivity contribution in [3.63, 3.8) is 0 Å². The molecule has 1 saturated carbocycles. The number of hydrogen-bond acceptors (Lipinski definition) is 6. The number of carbonyl (C=O) groups is 1. The molecule has 0 bridgehead atoms. The molecule has 34 heavy (non-hydrogen) atoms. The first-order valence-corrected chi connectivity index (χ1v) is 11.4. The zero-order valence-electron chi connectivity index (χ0n) is 19.6. The van der Waals surface area contributed by atoms with Gasteiger partial charge < -0.3 is 19.5 Å². The second-order valence-electron chi connectivity index (χ2n) is 8.63. The van der Waals surface area contributed by atoms with E-state index in [0.717, 1.165) is 29.1 Å². The summed E-state index contributed by atoms with van der Waals surface area (Å²) in [6, 6.07) is 21.6. The second kappa shape index (κ2) is 9.21. The van der Waals surface area contributed by atoms with Crippen molar-refractivity contribution in [3.05, 3.63) is 77.9 Å². The molecular formula is C28H28N2O4. The van der Waals surface area contributed by atoms with Crippen molar-refractivity contribution in [2.45, 2.75) is 24.8 Å². The van der Waals surface area contributed by atoms with Crippen LogP contribution in [0.15, 0.2) is 71.7 Å². The molecule has 0 aromatic heterocycles. The summed E-state index contributed by atoms with van der Waals surface area (Å²) in [5, 5.41) is 3.61. The number of hydrogen-bond donors (Lipinski definition) is 1. The second-order valence-corrected chi connectivity index (χ2v) is 8.63. The summed E-state index contributed by atoms with van der Waals surface area (Å²) >= 11 is 0. The summed E-state index contributed by atoms with van der Waals surface area (Å²) in [7, 11) is 4.79. The summed E-state index contributed by atoms with van der Waals surface area (Å²) in [5.74, 6) is 1.49. The maximum atomic E-state index is 13.8. The molecular weight excluding hydrogens is 428 g/mol. The number of Topliss-reactive ketones (excluding diaryl/α,β-unsaturated/α-hetero) is 1. The van der Waals surface area contributed by atoms with Gasteiger partial charge in [-0.05, 0) is 42.2 Å². The van der Waals surface area contributed by atoms with E-state index in [9.17, 15) is 4.79 Å². The Morgan fingerprint density at radius 1 is 0.824 bits per heavy atom. The Morgan fingerprint density at radius 2 is 1.56 bits per heavy atom. The highest BCUT2D eigenvalue weighted by Gasteiger charge is 2.43. The largest absolute Gasteiger partial charge is 0.493 e. The van der Waals surface area contributed by atoms with Gasteiger partial charge in [-0.15, -0.1) is 0 Å². The van der Waals surface area contributed by atoms with Gasteiger partial charge in [0.15, 0.2) is 11.5 Å². The molecule has 1 heterocycles. The predicted octanol–water partition coefficient (Wildman–Crippen LogP) is 5.71. The van der Waals surface area contributed by atoms with Crippen LogP contribution in [-0.4, -0.2) is 32.8 Å². The number of nitrogens with one attached hydrogen (secondary N) is 1. The third kappa shape index (κ3) is 3.79. The normalized spacial score (nSPS) is 21.3. The number of methoxy groups -OCH3 is 3. The van der Waals surface area contributed by atoms with Crippen molar-refractivity contribution in [1.29, 1.82) is 0 Å². The van der Waals surface area contributed by atoms with Crippen LogP contribution in [-0.2, 0) is 4.79 Å². The van der Waals surface area contributed by atoms with Gasteiger partial charge in [-0.2, -0.15) is 0 Å². The van der Waals surface area contributed by atoms with Gasteiger partial charge in [-0.25, -0.2) is 0 Å². The molecule has 3 aromatic carbocycles. The Bertz CT molecular complexity index is 1240. The van der Waals surface area contributed by atoms with E-state index in [2.05, 4.69) is 17.4 Å². The number of aliphatic imine (C=N–C) groups is 1. The number of fused-ring (bicyclic) bond motifs is 2. The maximum absolute atomic E-state index is 13.8. The molecule has 5 rings (SSSR count). The highest BCUT2D eigenvalue weighted by atomic mass is 16.5. The molecule has 3 aromatic rings. The van der Waals surface area contributed by atoms with Gasteiger partial charge in [-0.3, -0.25) is 9.79 Å². The standard InChI is InChI=1S/C28H28N2O4/c1-32-24-14-13-19(27(33-2)28(24)34-3)26-25-22(29-20-11-7-8-12-21(20)30-26)15-18(16-23(25)31)17-9-5-4-6-10-17/h4-14,18,25-26,30H,15-16H2,1-3H3. The Hall–Kier alpha value is -3.80. The lowest BCUT2D eigenvalue weighted by Crippen LogP contribution is -2.38. The quantitative estimate of drug-likeness (QED) is 0.532. The summed E-state index contributed by atoms with van der Waals surface area (Å²) in [5.41, 5.74) is 4.62. The number of para-hydroxylation sites is 2. The van der Waals surface area contributed by atoms with E-state index in [0.29, 0.717) is 23.7 Å². The Kier molecular flexibility index (Phi) is 5.97. The van der Waals surface area contributed by atoms with Crippen LogP contribution < -0.4 is 19.5 Å². The van der Waals surface area contributed by atoms with Crippen LogP contribution in [0.5, 0.6) is 17.2 Å². The van der Waals surface area contributed by atoms with E-state index in [4.69, 9.17) is 19.2 Å². The SMILES string of the molecule is COc1ccc(C2Nc3ccccc3N=C3CC(c4ccccc4)CC(=O)C32)c(OC)c1OC. The summed E-state index contributed by atoms with van der Waals surface area (Å²) < 4.78 is 16.9. The van der Waals surface area contributed by atoms with Gasteiger partial charge >= 0.3 is 0 Å². The molecule has 1 aliphatic heterocycles. The van der Waals surface area contributed by atoms with Crippen molar-refractivity contribution >= 4 is 22.9 Å². The number of anilines is 1. The number of nitrogens with zero attached hydrogens (tertiary/aromatic N) is 1. The van der Waals surface area contributed by atoms with Crippen molar-refractivity contribution in [2.75, 3.05) is 26.6 Å². The minimum Gasteiger partial charge on any atom is -0.493 e. The van der Waals surface area contributed by atoms with Crippen LogP contribution in [0.1, 0.15) is 35.9 Å². The van der Waals surface area contributed by atoms with Crippen LogP contribution in [0.3, 0.4) is 0 Å². The molecule has 6 nitrogen and oxygen atoms in total. The first kappa shape index (κ1) is 22.0. The van der Waals surface area contributed by atoms with Crippen molar-refractivity contribution in [1.82, 2.24) is 0 Å². The zero-order chi connectivity index (χ0) is 23.7. The van der Waals surface area contributed by atoms with E-state index < -0.39 is 5.92 Å². The lowest BCUT2D eigenvalue weighted by Gasteiger charge is -2.34. The van der Waals surface area contributed by atoms with Gasteiger partial charge in [0.05, 0.1) is 44.7 Å². The average molecular weight is 457 g/mol. The Morgan fingerprint density at radius 3 is 2.29 bits per heavy atom. The molecule has 1 N–H and O–H groups in total. The number of ketones is 1. The molecule has 1 fully saturated rings. The molecule has 1 aliphatic carbocycles. The Labute approximate surface area is 199 Å². The van der Waals surface area contributed by atoms with E-state index in [1.165, 1.54) is 5.56 Å². The average Bonchev–Trinajstić information content (AvgIpc) is 3.05. The van der Waals surface area contributed by atoms with Gasteiger partial charge in [0.25, 0.3) is 0 Å².